The van der Waals surface area contributed by atoms with E-state index in [1.807, 2.05) is 6.92 Å². The highest BCUT2D eigenvalue weighted by Crippen LogP contribution is 2.35. The number of aryl methyl sites for hydroxylation is 1. The number of amides is 1. The van der Waals surface area contributed by atoms with E-state index in [-0.39, 0.29) is 11.6 Å². The van der Waals surface area contributed by atoms with Gasteiger partial charge >= 0.3 is 6.18 Å². The Kier molecular flexibility index (Phi) is 5.38. The standard InChI is InChI=1S/C19H19F3N2O3S/c1-2-11-24-16-9-8-14(12-13(16)7-10-18(24)25)23-28(26,27)17-6-4-3-5-15(17)19(20,21)22/h3-6,8-9,12,23H,2,7,10-11H2,1H3. The Balaban J connectivity index is 1.94. The van der Waals surface area contributed by atoms with Crippen LogP contribution in [0.1, 0.15) is 30.9 Å². The Morgan fingerprint density at radius 1 is 1.11 bits per heavy atom. The molecule has 0 unspecified atom stereocenters. The average molecular weight is 412 g/mol. The Hall–Kier alpha value is -2.55. The molecule has 1 heterocycles. The molecule has 0 aromatic heterocycles. The summed E-state index contributed by atoms with van der Waals surface area (Å²) in [7, 11) is -4.44. The quantitative estimate of drug-likeness (QED) is 0.801. The molecule has 2 aromatic rings. The number of halogens is 3. The average Bonchev–Trinajstić information content (AvgIpc) is 2.63. The molecular weight excluding hydrogens is 393 g/mol. The Morgan fingerprint density at radius 2 is 1.82 bits per heavy atom. The van der Waals surface area contributed by atoms with E-state index in [1.165, 1.54) is 12.1 Å². The molecular formula is C19H19F3N2O3S. The molecule has 0 fully saturated rings. The number of hydrogen-bond donors (Lipinski definition) is 1. The molecule has 28 heavy (non-hydrogen) atoms. The molecule has 0 radical (unpaired) electrons. The SMILES string of the molecule is CCCN1C(=O)CCc2cc(NS(=O)(=O)c3ccccc3C(F)(F)F)ccc21. The summed E-state index contributed by atoms with van der Waals surface area (Å²) in [5, 5.41) is 0. The van der Waals surface area contributed by atoms with E-state index in [2.05, 4.69) is 4.72 Å². The van der Waals surface area contributed by atoms with Crippen molar-refractivity contribution in [1.29, 1.82) is 0 Å². The lowest BCUT2D eigenvalue weighted by Gasteiger charge is -2.29. The summed E-state index contributed by atoms with van der Waals surface area (Å²) in [5.41, 5.74) is 0.413. The molecule has 0 spiro atoms. The third-order valence-corrected chi connectivity index (χ3v) is 5.90. The minimum absolute atomic E-state index is 0.00165. The number of rotatable bonds is 5. The third kappa shape index (κ3) is 3.99. The molecule has 0 atom stereocenters. The molecule has 1 aliphatic rings. The van der Waals surface area contributed by atoms with Gasteiger partial charge in [-0.3, -0.25) is 9.52 Å². The first-order valence-corrected chi connectivity index (χ1v) is 10.2. The van der Waals surface area contributed by atoms with Gasteiger partial charge < -0.3 is 4.90 Å². The van der Waals surface area contributed by atoms with Crippen LogP contribution in [-0.2, 0) is 27.4 Å². The monoisotopic (exact) mass is 412 g/mol. The summed E-state index contributed by atoms with van der Waals surface area (Å²) in [4.78, 5) is 12.9. The fourth-order valence-electron chi connectivity index (χ4n) is 3.24. The van der Waals surface area contributed by atoms with Gasteiger partial charge in [0, 0.05) is 24.3 Å². The predicted molar refractivity (Wildman–Crippen MR) is 99.7 cm³/mol. The second kappa shape index (κ2) is 7.46. The summed E-state index contributed by atoms with van der Waals surface area (Å²) < 4.78 is 66.9. The van der Waals surface area contributed by atoms with Crippen molar-refractivity contribution in [2.45, 2.75) is 37.3 Å². The second-order valence-corrected chi connectivity index (χ2v) is 8.14. The first kappa shape index (κ1) is 20.2. The van der Waals surface area contributed by atoms with Crippen molar-refractivity contribution in [2.75, 3.05) is 16.2 Å². The fraction of sp³-hybridized carbons (Fsp3) is 0.316. The van der Waals surface area contributed by atoms with Crippen molar-refractivity contribution in [1.82, 2.24) is 0 Å². The number of carbonyl (C=O) groups excluding carboxylic acids is 1. The molecule has 0 aliphatic carbocycles. The Morgan fingerprint density at radius 3 is 2.50 bits per heavy atom. The minimum Gasteiger partial charge on any atom is -0.312 e. The first-order chi connectivity index (χ1) is 13.1. The maximum Gasteiger partial charge on any atom is 0.417 e. The van der Waals surface area contributed by atoms with Gasteiger partial charge in [0.15, 0.2) is 0 Å². The van der Waals surface area contributed by atoms with Gasteiger partial charge in [0.25, 0.3) is 10.0 Å². The van der Waals surface area contributed by atoms with Crippen molar-refractivity contribution in [3.63, 3.8) is 0 Å². The first-order valence-electron chi connectivity index (χ1n) is 8.76. The van der Waals surface area contributed by atoms with Gasteiger partial charge in [0.05, 0.1) is 10.5 Å². The van der Waals surface area contributed by atoms with Crippen molar-refractivity contribution in [2.24, 2.45) is 0 Å². The number of benzene rings is 2. The Bertz CT molecular complexity index is 1000. The van der Waals surface area contributed by atoms with Crippen molar-refractivity contribution in [3.8, 4) is 0 Å². The molecule has 9 heteroatoms. The number of carbonyl (C=O) groups is 1. The molecule has 5 nitrogen and oxygen atoms in total. The zero-order valence-corrected chi connectivity index (χ0v) is 15.9. The van der Waals surface area contributed by atoms with Crippen LogP contribution in [0.25, 0.3) is 0 Å². The van der Waals surface area contributed by atoms with Gasteiger partial charge in [-0.1, -0.05) is 19.1 Å². The predicted octanol–water partition coefficient (Wildman–Crippen LogP) is 4.20. The molecule has 150 valence electrons. The molecule has 2 aromatic carbocycles. The number of sulfonamides is 1. The molecule has 0 saturated heterocycles. The second-order valence-electron chi connectivity index (χ2n) is 6.49. The van der Waals surface area contributed by atoms with Crippen LogP contribution >= 0.6 is 0 Å². The van der Waals surface area contributed by atoms with E-state index >= 15 is 0 Å². The van der Waals surface area contributed by atoms with Gasteiger partial charge in [0.1, 0.15) is 0 Å². The van der Waals surface area contributed by atoms with Gasteiger partial charge in [-0.2, -0.15) is 13.2 Å². The van der Waals surface area contributed by atoms with Gasteiger partial charge in [-0.25, -0.2) is 8.42 Å². The molecule has 0 bridgehead atoms. The van der Waals surface area contributed by atoms with E-state index in [9.17, 15) is 26.4 Å². The molecule has 3 rings (SSSR count). The normalized spacial score (nSPS) is 14.7. The van der Waals surface area contributed by atoms with Crippen molar-refractivity contribution >= 4 is 27.3 Å². The highest BCUT2D eigenvalue weighted by Gasteiger charge is 2.37. The van der Waals surface area contributed by atoms with Crippen molar-refractivity contribution in [3.05, 3.63) is 53.6 Å². The molecule has 1 aliphatic heterocycles. The summed E-state index contributed by atoms with van der Waals surface area (Å²) in [6, 6.07) is 8.67. The van der Waals surface area contributed by atoms with Crippen molar-refractivity contribution < 1.29 is 26.4 Å². The van der Waals surface area contributed by atoms with E-state index in [0.29, 0.717) is 25.1 Å². The third-order valence-electron chi connectivity index (χ3n) is 4.46. The fourth-order valence-corrected chi connectivity index (χ4v) is 4.52. The van der Waals surface area contributed by atoms with Crippen LogP contribution < -0.4 is 9.62 Å². The molecule has 1 amide bonds. The number of anilines is 2. The number of alkyl halides is 3. The number of nitrogens with one attached hydrogen (secondary N) is 1. The van der Waals surface area contributed by atoms with E-state index in [4.69, 9.17) is 0 Å². The number of nitrogens with zero attached hydrogens (tertiary/aromatic N) is 1. The number of hydrogen-bond acceptors (Lipinski definition) is 3. The maximum atomic E-state index is 13.2. The summed E-state index contributed by atoms with van der Waals surface area (Å²) >= 11 is 0. The summed E-state index contributed by atoms with van der Waals surface area (Å²) in [6.07, 6.45) is -3.26. The lowest BCUT2D eigenvalue weighted by Crippen LogP contribution is -2.35. The van der Waals surface area contributed by atoms with Crippen LogP contribution in [-0.4, -0.2) is 20.9 Å². The zero-order valence-electron chi connectivity index (χ0n) is 15.1. The lowest BCUT2D eigenvalue weighted by atomic mass is 10.0. The number of fused-ring (bicyclic) bond motifs is 1. The van der Waals surface area contributed by atoms with E-state index < -0.39 is 26.7 Å². The van der Waals surface area contributed by atoms with Crippen LogP contribution in [0.4, 0.5) is 24.5 Å². The van der Waals surface area contributed by atoms with Gasteiger partial charge in [0.2, 0.25) is 5.91 Å². The topological polar surface area (TPSA) is 66.5 Å². The zero-order chi connectivity index (χ0) is 20.5. The maximum absolute atomic E-state index is 13.2. The smallest absolute Gasteiger partial charge is 0.312 e. The molecule has 1 N–H and O–H groups in total. The van der Waals surface area contributed by atoms with Crippen LogP contribution in [0, 0.1) is 0 Å². The minimum atomic E-state index is -4.79. The summed E-state index contributed by atoms with van der Waals surface area (Å²) in [6.45, 7) is 2.50. The van der Waals surface area contributed by atoms with Gasteiger partial charge in [-0.05, 0) is 48.7 Å². The Labute approximate surface area is 161 Å². The van der Waals surface area contributed by atoms with Crippen LogP contribution in [0.3, 0.4) is 0 Å². The highest BCUT2D eigenvalue weighted by atomic mass is 32.2. The largest absolute Gasteiger partial charge is 0.417 e. The van der Waals surface area contributed by atoms with E-state index in [1.54, 1.807) is 17.0 Å². The van der Waals surface area contributed by atoms with Crippen LogP contribution in [0.15, 0.2) is 47.4 Å². The highest BCUT2D eigenvalue weighted by molar-refractivity contribution is 7.92. The van der Waals surface area contributed by atoms with Crippen LogP contribution in [0.2, 0.25) is 0 Å². The lowest BCUT2D eigenvalue weighted by molar-refractivity contribution is -0.139. The molecule has 0 saturated carbocycles. The van der Waals surface area contributed by atoms with Gasteiger partial charge in [-0.15, -0.1) is 0 Å². The van der Waals surface area contributed by atoms with E-state index in [0.717, 1.165) is 30.2 Å². The van der Waals surface area contributed by atoms with Crippen LogP contribution in [0.5, 0.6) is 0 Å². The summed E-state index contributed by atoms with van der Waals surface area (Å²) in [5.74, 6) is 0.00165.